The number of hydrogen-bond donors (Lipinski definition) is 1. The number of ether oxygens (including phenoxy) is 1. The highest BCUT2D eigenvalue weighted by Crippen LogP contribution is 2.26. The Morgan fingerprint density at radius 1 is 1.24 bits per heavy atom. The van der Waals surface area contributed by atoms with Crippen molar-refractivity contribution in [3.63, 3.8) is 0 Å². The molecule has 0 aliphatic carbocycles. The highest BCUT2D eigenvalue weighted by molar-refractivity contribution is 5.98. The van der Waals surface area contributed by atoms with Crippen molar-refractivity contribution in [2.45, 2.75) is 13.5 Å². The Morgan fingerprint density at radius 3 is 2.67 bits per heavy atom. The number of phenols is 1. The van der Waals surface area contributed by atoms with E-state index in [0.29, 0.717) is 22.6 Å². The van der Waals surface area contributed by atoms with Gasteiger partial charge >= 0.3 is 0 Å². The first kappa shape index (κ1) is 14.8. The number of benzene rings is 2. The molecule has 2 aromatic carbocycles. The van der Waals surface area contributed by atoms with Gasteiger partial charge in [-0.05, 0) is 31.2 Å². The summed E-state index contributed by atoms with van der Waals surface area (Å²) in [5.74, 6) is 0.0879. The van der Waals surface area contributed by atoms with Crippen LogP contribution in [0.15, 0.2) is 47.6 Å². The van der Waals surface area contributed by atoms with Crippen LogP contribution >= 0.6 is 0 Å². The molecule has 0 unspecified atom stereocenters. The van der Waals surface area contributed by atoms with Gasteiger partial charge in [0.2, 0.25) is 0 Å². The SMILES string of the molecule is COc1ccc(/C(C)=N\OCc2ccccc2F)cc1O. The first-order valence-corrected chi connectivity index (χ1v) is 6.39. The lowest BCUT2D eigenvalue weighted by Gasteiger charge is -2.06. The van der Waals surface area contributed by atoms with E-state index in [1.807, 2.05) is 0 Å². The van der Waals surface area contributed by atoms with Gasteiger partial charge in [-0.25, -0.2) is 4.39 Å². The molecule has 0 bridgehead atoms. The molecule has 0 radical (unpaired) electrons. The molecule has 0 amide bonds. The fourth-order valence-electron chi connectivity index (χ4n) is 1.78. The van der Waals surface area contributed by atoms with E-state index in [9.17, 15) is 9.50 Å². The third-order valence-electron chi connectivity index (χ3n) is 2.98. The van der Waals surface area contributed by atoms with Gasteiger partial charge in [-0.1, -0.05) is 23.4 Å². The van der Waals surface area contributed by atoms with Gasteiger partial charge in [0.25, 0.3) is 0 Å². The van der Waals surface area contributed by atoms with Crippen molar-refractivity contribution >= 4 is 5.71 Å². The number of aromatic hydroxyl groups is 1. The van der Waals surface area contributed by atoms with E-state index in [1.165, 1.54) is 19.2 Å². The third-order valence-corrected chi connectivity index (χ3v) is 2.98. The number of phenolic OH excluding ortho intramolecular Hbond substituents is 1. The summed E-state index contributed by atoms with van der Waals surface area (Å²) in [6.07, 6.45) is 0. The average Bonchev–Trinajstić information content (AvgIpc) is 2.49. The molecule has 4 nitrogen and oxygen atoms in total. The second-order valence-corrected chi connectivity index (χ2v) is 4.43. The predicted molar refractivity (Wildman–Crippen MR) is 78.1 cm³/mol. The molecule has 0 heterocycles. The Hall–Kier alpha value is -2.56. The first-order chi connectivity index (χ1) is 10.1. The van der Waals surface area contributed by atoms with Gasteiger partial charge in [0.1, 0.15) is 12.4 Å². The summed E-state index contributed by atoms with van der Waals surface area (Å²) in [7, 11) is 1.48. The summed E-state index contributed by atoms with van der Waals surface area (Å²) in [6.45, 7) is 1.79. The van der Waals surface area contributed by atoms with Gasteiger partial charge < -0.3 is 14.7 Å². The van der Waals surface area contributed by atoms with Crippen LogP contribution in [0.3, 0.4) is 0 Å². The van der Waals surface area contributed by atoms with Crippen molar-refractivity contribution in [3.8, 4) is 11.5 Å². The molecular weight excluding hydrogens is 273 g/mol. The monoisotopic (exact) mass is 289 g/mol. The summed E-state index contributed by atoms with van der Waals surface area (Å²) < 4.78 is 18.4. The molecule has 0 fully saturated rings. The summed E-state index contributed by atoms with van der Waals surface area (Å²) in [6, 6.07) is 11.3. The van der Waals surface area contributed by atoms with Crippen molar-refractivity contribution in [2.75, 3.05) is 7.11 Å². The Morgan fingerprint density at radius 2 is 2.00 bits per heavy atom. The van der Waals surface area contributed by atoms with Crippen LogP contribution in [-0.4, -0.2) is 17.9 Å². The van der Waals surface area contributed by atoms with E-state index < -0.39 is 0 Å². The quantitative estimate of drug-likeness (QED) is 0.677. The molecule has 1 N–H and O–H groups in total. The molecule has 0 aliphatic heterocycles. The molecule has 2 rings (SSSR count). The Balaban J connectivity index is 2.04. The van der Waals surface area contributed by atoms with Gasteiger partial charge in [-0.2, -0.15) is 0 Å². The number of methoxy groups -OCH3 is 1. The minimum absolute atomic E-state index is 0.0265. The number of rotatable bonds is 5. The van der Waals surface area contributed by atoms with Gasteiger partial charge in [0, 0.05) is 11.1 Å². The summed E-state index contributed by atoms with van der Waals surface area (Å²) in [4.78, 5) is 5.15. The summed E-state index contributed by atoms with van der Waals surface area (Å²) in [5, 5.41) is 13.6. The minimum Gasteiger partial charge on any atom is -0.504 e. The maximum absolute atomic E-state index is 13.4. The number of nitrogens with zero attached hydrogens (tertiary/aromatic N) is 1. The van der Waals surface area contributed by atoms with Crippen molar-refractivity contribution in [3.05, 3.63) is 59.4 Å². The van der Waals surface area contributed by atoms with Crippen molar-refractivity contribution in [1.29, 1.82) is 0 Å². The molecule has 0 aromatic heterocycles. The van der Waals surface area contributed by atoms with Gasteiger partial charge in [0.05, 0.1) is 12.8 Å². The molecule has 110 valence electrons. The van der Waals surface area contributed by atoms with Crippen molar-refractivity contribution in [2.24, 2.45) is 5.16 Å². The zero-order valence-corrected chi connectivity index (χ0v) is 11.8. The van der Waals surface area contributed by atoms with Crippen LogP contribution in [0.2, 0.25) is 0 Å². The fourth-order valence-corrected chi connectivity index (χ4v) is 1.78. The summed E-state index contributed by atoms with van der Waals surface area (Å²) in [5.41, 5.74) is 1.71. The minimum atomic E-state index is -0.326. The third kappa shape index (κ3) is 3.72. The van der Waals surface area contributed by atoms with E-state index in [-0.39, 0.29) is 18.2 Å². The zero-order chi connectivity index (χ0) is 15.2. The molecule has 0 atom stereocenters. The molecule has 5 heteroatoms. The van der Waals surface area contributed by atoms with E-state index in [2.05, 4.69) is 5.16 Å². The summed E-state index contributed by atoms with van der Waals surface area (Å²) >= 11 is 0. The molecular formula is C16H16FNO3. The maximum atomic E-state index is 13.4. The van der Waals surface area contributed by atoms with Gasteiger partial charge in [-0.15, -0.1) is 0 Å². The Kier molecular flexibility index (Phi) is 4.77. The molecule has 0 spiro atoms. The fraction of sp³-hybridized carbons (Fsp3) is 0.188. The Bertz CT molecular complexity index is 656. The molecule has 0 aliphatic rings. The highest BCUT2D eigenvalue weighted by Gasteiger charge is 2.05. The van der Waals surface area contributed by atoms with E-state index in [1.54, 1.807) is 37.3 Å². The second kappa shape index (κ2) is 6.74. The van der Waals surface area contributed by atoms with Crippen LogP contribution in [0.25, 0.3) is 0 Å². The van der Waals surface area contributed by atoms with Crippen molar-refractivity contribution < 1.29 is 19.1 Å². The second-order valence-electron chi connectivity index (χ2n) is 4.43. The zero-order valence-electron chi connectivity index (χ0n) is 11.8. The molecule has 0 saturated heterocycles. The molecule has 0 saturated carbocycles. The lowest BCUT2D eigenvalue weighted by atomic mass is 10.1. The van der Waals surface area contributed by atoms with Crippen LogP contribution in [0.5, 0.6) is 11.5 Å². The van der Waals surface area contributed by atoms with E-state index in [4.69, 9.17) is 9.57 Å². The smallest absolute Gasteiger partial charge is 0.160 e. The average molecular weight is 289 g/mol. The van der Waals surface area contributed by atoms with Crippen LogP contribution in [0.4, 0.5) is 4.39 Å². The van der Waals surface area contributed by atoms with Crippen LogP contribution in [0, 0.1) is 5.82 Å². The lowest BCUT2D eigenvalue weighted by molar-refractivity contribution is 0.128. The number of oxime groups is 1. The van der Waals surface area contributed by atoms with Crippen molar-refractivity contribution in [1.82, 2.24) is 0 Å². The number of halogens is 1. The number of hydrogen-bond acceptors (Lipinski definition) is 4. The molecule has 2 aromatic rings. The Labute approximate surface area is 122 Å². The topological polar surface area (TPSA) is 51.0 Å². The van der Waals surface area contributed by atoms with E-state index in [0.717, 1.165) is 0 Å². The highest BCUT2D eigenvalue weighted by atomic mass is 19.1. The van der Waals surface area contributed by atoms with Crippen LogP contribution in [-0.2, 0) is 11.4 Å². The lowest BCUT2D eigenvalue weighted by Crippen LogP contribution is -1.98. The van der Waals surface area contributed by atoms with E-state index >= 15 is 0 Å². The van der Waals surface area contributed by atoms with Crippen LogP contribution < -0.4 is 4.74 Å². The first-order valence-electron chi connectivity index (χ1n) is 6.39. The normalized spacial score (nSPS) is 11.3. The molecule has 21 heavy (non-hydrogen) atoms. The van der Waals surface area contributed by atoms with Gasteiger partial charge in [0.15, 0.2) is 11.5 Å². The standard InChI is InChI=1S/C16H16FNO3/c1-11(12-7-8-16(20-2)15(19)9-12)18-21-10-13-5-3-4-6-14(13)17/h3-9,19H,10H2,1-2H3/b18-11-. The van der Waals surface area contributed by atoms with Crippen LogP contribution in [0.1, 0.15) is 18.1 Å². The predicted octanol–water partition coefficient (Wildman–Crippen LogP) is 3.48. The van der Waals surface area contributed by atoms with Gasteiger partial charge in [-0.3, -0.25) is 0 Å². The largest absolute Gasteiger partial charge is 0.504 e. The maximum Gasteiger partial charge on any atom is 0.160 e.